The van der Waals surface area contributed by atoms with Gasteiger partial charge in [-0.2, -0.15) is 0 Å². The van der Waals surface area contributed by atoms with Crippen molar-refractivity contribution in [3.8, 4) is 11.3 Å². The predicted molar refractivity (Wildman–Crippen MR) is 168 cm³/mol. The van der Waals surface area contributed by atoms with Crippen LogP contribution in [0.25, 0.3) is 11.3 Å². The number of carbonyl (C=O) groups excluding carboxylic acids is 2. The van der Waals surface area contributed by atoms with Gasteiger partial charge < -0.3 is 15.1 Å². The summed E-state index contributed by atoms with van der Waals surface area (Å²) in [6.07, 6.45) is 4.27. The topological polar surface area (TPSA) is 65.5 Å². The molecule has 1 N–H and O–H groups in total. The van der Waals surface area contributed by atoms with Crippen LogP contribution in [0.2, 0.25) is 5.02 Å². The Labute approximate surface area is 251 Å². The number of halogens is 1. The fourth-order valence-corrected chi connectivity index (χ4v) is 6.38. The van der Waals surface area contributed by atoms with Crippen LogP contribution in [-0.2, 0) is 22.6 Å². The fourth-order valence-electron chi connectivity index (χ4n) is 5.46. The summed E-state index contributed by atoms with van der Waals surface area (Å²) in [5, 5.41) is 6.62. The van der Waals surface area contributed by atoms with Gasteiger partial charge in [0.2, 0.25) is 11.8 Å². The second kappa shape index (κ2) is 12.9. The molecule has 0 radical (unpaired) electrons. The minimum absolute atomic E-state index is 0.0700. The van der Waals surface area contributed by atoms with Crippen molar-refractivity contribution in [1.82, 2.24) is 9.88 Å². The van der Waals surface area contributed by atoms with Gasteiger partial charge in [0, 0.05) is 41.4 Å². The minimum atomic E-state index is -0.962. The van der Waals surface area contributed by atoms with Crippen LogP contribution in [0, 0.1) is 0 Å². The Hall–Kier alpha value is -3.68. The van der Waals surface area contributed by atoms with Crippen molar-refractivity contribution in [2.24, 2.45) is 0 Å². The predicted octanol–water partition coefficient (Wildman–Crippen LogP) is 7.44. The smallest absolute Gasteiger partial charge is 0.250 e. The number of hydrogen-bond acceptors (Lipinski definition) is 5. The lowest BCUT2D eigenvalue weighted by atomic mass is 9.79. The number of anilines is 2. The van der Waals surface area contributed by atoms with E-state index in [0.717, 1.165) is 52.5 Å². The Balaban J connectivity index is 1.47. The number of nitrogens with one attached hydrogen (secondary N) is 1. The Kier molecular flexibility index (Phi) is 9.06. The molecule has 8 heteroatoms. The summed E-state index contributed by atoms with van der Waals surface area (Å²) < 4.78 is 0. The molecule has 0 bridgehead atoms. The van der Waals surface area contributed by atoms with Crippen molar-refractivity contribution >= 4 is 46.1 Å². The summed E-state index contributed by atoms with van der Waals surface area (Å²) >= 11 is 7.59. The van der Waals surface area contributed by atoms with E-state index in [-0.39, 0.29) is 24.8 Å². The van der Waals surface area contributed by atoms with Crippen LogP contribution in [-0.4, -0.2) is 41.3 Å². The molecule has 0 spiro atoms. The normalized spacial score (nSPS) is 14.3. The maximum atomic E-state index is 14.2. The quantitative estimate of drug-likeness (QED) is 0.221. The number of hydrogen-bond donors (Lipinski definition) is 1. The highest BCUT2D eigenvalue weighted by Gasteiger charge is 2.47. The maximum absolute atomic E-state index is 14.2. The van der Waals surface area contributed by atoms with Gasteiger partial charge >= 0.3 is 0 Å². The number of nitrogens with zero attached hydrogens (tertiary/aromatic N) is 3. The Morgan fingerprint density at radius 2 is 1.61 bits per heavy atom. The Morgan fingerprint density at radius 3 is 2.27 bits per heavy atom. The molecule has 6 nitrogen and oxygen atoms in total. The summed E-state index contributed by atoms with van der Waals surface area (Å²) in [6, 6.07) is 25.1. The zero-order valence-corrected chi connectivity index (χ0v) is 25.0. The molecule has 1 aromatic heterocycles. The molecule has 4 aromatic rings. The van der Waals surface area contributed by atoms with Crippen LogP contribution >= 0.6 is 22.9 Å². The van der Waals surface area contributed by atoms with Gasteiger partial charge in [0.05, 0.1) is 18.7 Å². The standard InChI is InChI=1S/C33H35ClN4O2S/c1-37(2)28-17-15-27(16-18-28)35-32(40)33(19-7-4-8-20-33)38(31(39)21-24-9-5-3-6-10-24)22-30-36-29(23-41-30)25-11-13-26(34)14-12-25/h3,5-6,9-18,23H,4,7-8,19-22H2,1-2H3,(H,35,40). The summed E-state index contributed by atoms with van der Waals surface area (Å²) in [5.41, 5.74) is 3.53. The molecule has 0 aliphatic heterocycles. The van der Waals surface area contributed by atoms with Gasteiger partial charge in [-0.05, 0) is 54.8 Å². The molecule has 212 valence electrons. The highest BCUT2D eigenvalue weighted by molar-refractivity contribution is 7.09. The summed E-state index contributed by atoms with van der Waals surface area (Å²) in [7, 11) is 3.97. The molecule has 0 saturated heterocycles. The minimum Gasteiger partial charge on any atom is -0.378 e. The van der Waals surface area contributed by atoms with Crippen LogP contribution in [0.4, 0.5) is 11.4 Å². The molecule has 1 aliphatic rings. The number of rotatable bonds is 9. The van der Waals surface area contributed by atoms with Crippen LogP contribution in [0.3, 0.4) is 0 Å². The number of thiazole rings is 1. The van der Waals surface area contributed by atoms with Gasteiger partial charge in [-0.3, -0.25) is 9.59 Å². The van der Waals surface area contributed by atoms with Crippen LogP contribution in [0.15, 0.2) is 84.2 Å². The van der Waals surface area contributed by atoms with E-state index in [1.54, 1.807) is 0 Å². The summed E-state index contributed by atoms with van der Waals surface area (Å²) in [4.78, 5) is 37.0. The number of aromatic nitrogens is 1. The third-order valence-corrected chi connectivity index (χ3v) is 8.83. The first-order chi connectivity index (χ1) is 19.8. The molecule has 1 saturated carbocycles. The van der Waals surface area contributed by atoms with Gasteiger partial charge in [0.1, 0.15) is 10.5 Å². The van der Waals surface area contributed by atoms with Gasteiger partial charge in [0.15, 0.2) is 0 Å². The third kappa shape index (κ3) is 6.80. The molecule has 1 aliphatic carbocycles. The summed E-state index contributed by atoms with van der Waals surface area (Å²) in [5.74, 6) is -0.204. The first kappa shape index (κ1) is 28.8. The fraction of sp³-hybridized carbons (Fsp3) is 0.303. The van der Waals surface area contributed by atoms with E-state index in [9.17, 15) is 9.59 Å². The number of benzene rings is 3. The molecular formula is C33H35ClN4O2S. The molecule has 41 heavy (non-hydrogen) atoms. The average molecular weight is 587 g/mol. The maximum Gasteiger partial charge on any atom is 0.250 e. The van der Waals surface area contributed by atoms with E-state index in [0.29, 0.717) is 17.9 Å². The van der Waals surface area contributed by atoms with Crippen molar-refractivity contribution in [2.45, 2.75) is 50.6 Å². The largest absolute Gasteiger partial charge is 0.378 e. The molecular weight excluding hydrogens is 552 g/mol. The lowest BCUT2D eigenvalue weighted by Gasteiger charge is -2.45. The lowest BCUT2D eigenvalue weighted by molar-refractivity contribution is -0.148. The third-order valence-electron chi connectivity index (χ3n) is 7.75. The van der Waals surface area contributed by atoms with Crippen molar-refractivity contribution in [1.29, 1.82) is 0 Å². The lowest BCUT2D eigenvalue weighted by Crippen LogP contribution is -2.60. The molecule has 3 aromatic carbocycles. The molecule has 2 amide bonds. The van der Waals surface area contributed by atoms with Gasteiger partial charge in [0.25, 0.3) is 0 Å². The number of carbonyl (C=O) groups is 2. The van der Waals surface area contributed by atoms with E-state index < -0.39 is 5.54 Å². The van der Waals surface area contributed by atoms with Crippen molar-refractivity contribution in [2.75, 3.05) is 24.3 Å². The van der Waals surface area contributed by atoms with E-state index in [1.807, 2.05) is 108 Å². The molecule has 1 heterocycles. The molecule has 0 unspecified atom stereocenters. The Bertz CT molecular complexity index is 1460. The van der Waals surface area contributed by atoms with E-state index in [4.69, 9.17) is 16.6 Å². The van der Waals surface area contributed by atoms with E-state index in [1.165, 1.54) is 11.3 Å². The second-order valence-corrected chi connectivity index (χ2v) is 12.1. The number of amides is 2. The van der Waals surface area contributed by atoms with Crippen molar-refractivity contribution in [3.63, 3.8) is 0 Å². The van der Waals surface area contributed by atoms with Gasteiger partial charge in [-0.1, -0.05) is 73.3 Å². The van der Waals surface area contributed by atoms with E-state index >= 15 is 0 Å². The van der Waals surface area contributed by atoms with E-state index in [2.05, 4.69) is 5.32 Å². The zero-order chi connectivity index (χ0) is 28.8. The van der Waals surface area contributed by atoms with Crippen molar-refractivity contribution < 1.29 is 9.59 Å². The highest BCUT2D eigenvalue weighted by atomic mass is 35.5. The first-order valence-electron chi connectivity index (χ1n) is 14.0. The highest BCUT2D eigenvalue weighted by Crippen LogP contribution is 2.37. The Morgan fingerprint density at radius 1 is 0.927 bits per heavy atom. The van der Waals surface area contributed by atoms with Gasteiger partial charge in [-0.15, -0.1) is 11.3 Å². The summed E-state index contributed by atoms with van der Waals surface area (Å²) in [6.45, 7) is 0.275. The second-order valence-electron chi connectivity index (χ2n) is 10.8. The molecule has 5 rings (SSSR count). The molecule has 0 atom stereocenters. The zero-order valence-electron chi connectivity index (χ0n) is 23.5. The monoisotopic (exact) mass is 586 g/mol. The van der Waals surface area contributed by atoms with Crippen molar-refractivity contribution in [3.05, 3.63) is 99.8 Å². The molecule has 1 fully saturated rings. The van der Waals surface area contributed by atoms with Crippen LogP contribution in [0.5, 0.6) is 0 Å². The van der Waals surface area contributed by atoms with Gasteiger partial charge in [-0.25, -0.2) is 4.98 Å². The SMILES string of the molecule is CN(C)c1ccc(NC(=O)C2(N(Cc3nc(-c4ccc(Cl)cc4)cs3)C(=O)Cc3ccccc3)CCCCC2)cc1. The first-order valence-corrected chi connectivity index (χ1v) is 15.2. The van der Waals surface area contributed by atoms with Crippen LogP contribution < -0.4 is 10.2 Å². The average Bonchev–Trinajstić information content (AvgIpc) is 3.46. The van der Waals surface area contributed by atoms with Crippen LogP contribution in [0.1, 0.15) is 42.7 Å².